The van der Waals surface area contributed by atoms with Crippen LogP contribution in [0, 0.1) is 46.2 Å². The van der Waals surface area contributed by atoms with E-state index in [0.29, 0.717) is 19.3 Å². The summed E-state index contributed by atoms with van der Waals surface area (Å²) in [4.78, 5) is 51.9. The van der Waals surface area contributed by atoms with Gasteiger partial charge in [-0.2, -0.15) is 0 Å². The van der Waals surface area contributed by atoms with Crippen molar-refractivity contribution in [2.75, 3.05) is 11.9 Å². The van der Waals surface area contributed by atoms with E-state index in [9.17, 15) is 24.3 Å². The number of nitrogens with one attached hydrogen (secondary N) is 2. The van der Waals surface area contributed by atoms with Gasteiger partial charge in [0, 0.05) is 28.7 Å². The van der Waals surface area contributed by atoms with Crippen LogP contribution in [0.5, 0.6) is 5.75 Å². The summed E-state index contributed by atoms with van der Waals surface area (Å²) in [5.74, 6) is -2.02. The Balaban J connectivity index is 1.18. The first-order valence-electron chi connectivity index (χ1n) is 18.6. The highest BCUT2D eigenvalue weighted by molar-refractivity contribution is 6.01. The Morgan fingerprint density at radius 2 is 1.88 bits per heavy atom. The first-order valence-corrected chi connectivity index (χ1v) is 18.6. The molecule has 2 amide bonds. The Hall–Kier alpha value is -3.41. The molecule has 1 heterocycles. The molecule has 11 heteroatoms. The van der Waals surface area contributed by atoms with Gasteiger partial charge in [0.2, 0.25) is 17.6 Å². The van der Waals surface area contributed by atoms with E-state index in [1.807, 2.05) is 33.8 Å². The van der Waals surface area contributed by atoms with E-state index in [4.69, 9.17) is 14.2 Å². The minimum absolute atomic E-state index is 0.0212. The third-order valence-electron chi connectivity index (χ3n) is 13.0. The predicted molar refractivity (Wildman–Crippen MR) is 188 cm³/mol. The van der Waals surface area contributed by atoms with E-state index in [1.54, 1.807) is 19.1 Å². The zero-order chi connectivity index (χ0) is 37.0. The molecule has 10 nitrogen and oxygen atoms in total. The second kappa shape index (κ2) is 13.9. The molecule has 3 N–H and O–H groups in total. The molecule has 278 valence electrons. The van der Waals surface area contributed by atoms with Crippen molar-refractivity contribution in [3.05, 3.63) is 47.8 Å². The topological polar surface area (TPSA) is 140 Å². The zero-order valence-corrected chi connectivity index (χ0v) is 30.8. The summed E-state index contributed by atoms with van der Waals surface area (Å²) in [5.41, 5.74) is -1.60. The Morgan fingerprint density at radius 3 is 2.57 bits per heavy atom. The predicted octanol–water partition coefficient (Wildman–Crippen LogP) is 5.68. The van der Waals surface area contributed by atoms with Crippen molar-refractivity contribution in [2.45, 2.75) is 117 Å². The molecule has 51 heavy (non-hydrogen) atoms. The summed E-state index contributed by atoms with van der Waals surface area (Å²) in [6, 6.07) is 3.06. The van der Waals surface area contributed by atoms with Crippen LogP contribution in [-0.2, 0) is 28.7 Å². The van der Waals surface area contributed by atoms with Crippen molar-refractivity contribution >= 4 is 29.1 Å². The van der Waals surface area contributed by atoms with Crippen LogP contribution in [0.3, 0.4) is 0 Å². The van der Waals surface area contributed by atoms with Gasteiger partial charge in [-0.05, 0) is 81.1 Å². The molecule has 6 rings (SSSR count). The van der Waals surface area contributed by atoms with Crippen LogP contribution in [0.1, 0.15) is 87.0 Å². The SMILES string of the molecule is CCCC1O[C@@H]2CC3[C@@H]4CCC5=CC(=O)C=C[C@]5(C)C4[C@@H](O)C[C@]3(C)[C@]2(C(=O)COc2ccc(NC(=O)[C@H](C)NC(=O)C(C)C(C)C)c(F)c2)O1. The highest BCUT2D eigenvalue weighted by Gasteiger charge is 2.75. The number of rotatable bonds is 11. The van der Waals surface area contributed by atoms with Gasteiger partial charge >= 0.3 is 0 Å². The second-order valence-electron chi connectivity index (χ2n) is 16.2. The van der Waals surface area contributed by atoms with Crippen LogP contribution in [0.25, 0.3) is 0 Å². The van der Waals surface area contributed by atoms with Gasteiger partial charge in [0.05, 0.1) is 17.9 Å². The number of hydrogen-bond acceptors (Lipinski definition) is 8. The number of allylic oxidation sites excluding steroid dienone is 4. The van der Waals surface area contributed by atoms with Crippen LogP contribution in [0.2, 0.25) is 0 Å². The highest BCUT2D eigenvalue weighted by atomic mass is 19.1. The van der Waals surface area contributed by atoms with Gasteiger partial charge in [-0.1, -0.05) is 59.6 Å². The van der Waals surface area contributed by atoms with E-state index in [0.717, 1.165) is 30.9 Å². The van der Waals surface area contributed by atoms with Gasteiger partial charge in [-0.3, -0.25) is 19.2 Å². The third-order valence-corrected chi connectivity index (χ3v) is 13.0. The number of amides is 2. The number of aliphatic hydroxyl groups is 1. The van der Waals surface area contributed by atoms with Gasteiger partial charge in [-0.15, -0.1) is 0 Å². The number of Topliss-reactive ketones (excluding diaryl/α,β-unsaturated/α-hetero) is 1. The summed E-state index contributed by atoms with van der Waals surface area (Å²) in [7, 11) is 0. The fraction of sp³-hybridized carbons (Fsp3) is 0.650. The number of ether oxygens (including phenoxy) is 3. The van der Waals surface area contributed by atoms with Crippen LogP contribution in [0.4, 0.5) is 10.1 Å². The number of ketones is 2. The molecule has 0 bridgehead atoms. The summed E-state index contributed by atoms with van der Waals surface area (Å²) in [6.07, 6.45) is 7.34. The van der Waals surface area contributed by atoms with E-state index >= 15 is 4.39 Å². The molecule has 1 aromatic carbocycles. The zero-order valence-electron chi connectivity index (χ0n) is 30.8. The van der Waals surface area contributed by atoms with Gasteiger partial charge in [-0.25, -0.2) is 4.39 Å². The minimum atomic E-state index is -1.36. The average Bonchev–Trinajstić information content (AvgIpc) is 3.56. The molecule has 3 saturated carbocycles. The van der Waals surface area contributed by atoms with Gasteiger partial charge < -0.3 is 30.0 Å². The van der Waals surface area contributed by atoms with Gasteiger partial charge in [0.25, 0.3) is 0 Å². The fourth-order valence-electron chi connectivity index (χ4n) is 9.90. The molecule has 1 aliphatic heterocycles. The number of carbonyl (C=O) groups is 4. The van der Waals surface area contributed by atoms with Crippen LogP contribution >= 0.6 is 0 Å². The number of fused-ring (bicyclic) bond motifs is 7. The molecule has 1 aromatic rings. The lowest BCUT2D eigenvalue weighted by Crippen LogP contribution is -2.63. The lowest BCUT2D eigenvalue weighted by atomic mass is 9.46. The standard InChI is InChI=1S/C40H53FN2O8/c1-8-9-34-50-33-18-28-27-12-10-24-16-25(44)14-15-38(24,6)35(27)31(45)19-39(28,7)40(33,51-34)32(46)20-49-26-11-13-30(29(41)17-26)43-37(48)23(5)42-36(47)22(4)21(2)3/h11,13-17,21-23,27-28,31,33-35,45H,8-10,12,18-20H2,1-7H3,(H,42,47)(H,43,48)/t22?,23-,27-,28?,31-,33+,34?,35?,38-,39-,40+/m0/s1. The Labute approximate surface area is 299 Å². The van der Waals surface area contributed by atoms with E-state index in [2.05, 4.69) is 17.6 Å². The van der Waals surface area contributed by atoms with E-state index in [-0.39, 0.29) is 58.5 Å². The molecule has 4 fully saturated rings. The molecule has 0 radical (unpaired) electrons. The van der Waals surface area contributed by atoms with Crippen LogP contribution in [-0.4, -0.2) is 65.2 Å². The van der Waals surface area contributed by atoms with Crippen molar-refractivity contribution < 1.29 is 42.9 Å². The number of anilines is 1. The van der Waals surface area contributed by atoms with Crippen molar-refractivity contribution in [1.29, 1.82) is 0 Å². The van der Waals surface area contributed by atoms with Crippen molar-refractivity contribution in [1.82, 2.24) is 5.32 Å². The Morgan fingerprint density at radius 1 is 1.14 bits per heavy atom. The molecule has 4 aliphatic carbocycles. The lowest BCUT2D eigenvalue weighted by Gasteiger charge is -2.59. The summed E-state index contributed by atoms with van der Waals surface area (Å²) in [6.45, 7) is 12.9. The second-order valence-corrected chi connectivity index (χ2v) is 16.2. The van der Waals surface area contributed by atoms with Crippen molar-refractivity contribution in [3.8, 4) is 5.75 Å². The quantitative estimate of drug-likeness (QED) is 0.267. The number of carbonyl (C=O) groups excluding carboxylic acids is 4. The monoisotopic (exact) mass is 708 g/mol. The first kappa shape index (κ1) is 37.4. The van der Waals surface area contributed by atoms with Crippen molar-refractivity contribution in [2.24, 2.45) is 40.4 Å². The maximum atomic E-state index is 15.2. The molecule has 0 spiro atoms. The Bertz CT molecular complexity index is 1640. The number of benzene rings is 1. The Kier molecular flexibility index (Phi) is 10.1. The maximum Gasteiger partial charge on any atom is 0.246 e. The fourth-order valence-corrected chi connectivity index (χ4v) is 9.90. The molecule has 4 unspecified atom stereocenters. The van der Waals surface area contributed by atoms with E-state index in [1.165, 1.54) is 19.1 Å². The molecular weight excluding hydrogens is 655 g/mol. The number of hydrogen-bond donors (Lipinski definition) is 3. The number of halogens is 1. The summed E-state index contributed by atoms with van der Waals surface area (Å²) in [5, 5.41) is 17.1. The highest BCUT2D eigenvalue weighted by Crippen LogP contribution is 2.69. The molecule has 1 saturated heterocycles. The van der Waals surface area contributed by atoms with Gasteiger partial charge in [0.1, 0.15) is 24.2 Å². The summed E-state index contributed by atoms with van der Waals surface area (Å²) >= 11 is 0. The largest absolute Gasteiger partial charge is 0.486 e. The van der Waals surface area contributed by atoms with E-state index < -0.39 is 59.3 Å². The lowest BCUT2D eigenvalue weighted by molar-refractivity contribution is -0.200. The molecule has 11 atom stereocenters. The third kappa shape index (κ3) is 6.27. The molecule has 5 aliphatic rings. The normalized spacial score (nSPS) is 36.3. The smallest absolute Gasteiger partial charge is 0.246 e. The first-order chi connectivity index (χ1) is 24.0. The molecule has 0 aromatic heterocycles. The molecular formula is C40H53FN2O8. The number of aliphatic hydroxyl groups excluding tert-OH is 1. The van der Waals surface area contributed by atoms with Crippen molar-refractivity contribution in [3.63, 3.8) is 0 Å². The van der Waals surface area contributed by atoms with Crippen LogP contribution < -0.4 is 15.4 Å². The maximum absolute atomic E-state index is 15.2. The average molecular weight is 709 g/mol. The van der Waals surface area contributed by atoms with Crippen LogP contribution in [0.15, 0.2) is 42.0 Å². The summed E-state index contributed by atoms with van der Waals surface area (Å²) < 4.78 is 34.3. The minimum Gasteiger partial charge on any atom is -0.486 e. The van der Waals surface area contributed by atoms with Gasteiger partial charge in [0.15, 0.2) is 17.7 Å².